The third-order valence-corrected chi connectivity index (χ3v) is 6.45. The highest BCUT2D eigenvalue weighted by Crippen LogP contribution is 2.24. The molecule has 0 bridgehead atoms. The molecule has 0 aliphatic carbocycles. The number of benzene rings is 3. The number of carbonyl (C=O) groups is 1. The fourth-order valence-electron chi connectivity index (χ4n) is 4.45. The third-order valence-electron chi connectivity index (χ3n) is 6.45. The Morgan fingerprint density at radius 1 is 0.917 bits per heavy atom. The molecular formula is C30H29FN4O. The van der Waals surface area contributed by atoms with Crippen molar-refractivity contribution >= 4 is 12.0 Å². The molecule has 0 saturated carbocycles. The van der Waals surface area contributed by atoms with Crippen LogP contribution in [0.2, 0.25) is 0 Å². The summed E-state index contributed by atoms with van der Waals surface area (Å²) in [6, 6.07) is 26.2. The Kier molecular flexibility index (Phi) is 7.05. The van der Waals surface area contributed by atoms with E-state index in [1.165, 1.54) is 17.7 Å². The monoisotopic (exact) mass is 480 g/mol. The molecule has 5 nitrogen and oxygen atoms in total. The maximum atomic E-state index is 13.7. The summed E-state index contributed by atoms with van der Waals surface area (Å²) < 4.78 is 15.2. The van der Waals surface area contributed by atoms with Crippen LogP contribution in [0.15, 0.2) is 91.0 Å². The molecule has 1 aliphatic heterocycles. The van der Waals surface area contributed by atoms with Crippen molar-refractivity contribution in [1.29, 1.82) is 0 Å². The number of amides is 1. The van der Waals surface area contributed by atoms with Gasteiger partial charge in [-0.25, -0.2) is 9.07 Å². The fourth-order valence-corrected chi connectivity index (χ4v) is 4.45. The molecule has 1 aliphatic rings. The van der Waals surface area contributed by atoms with E-state index in [1.54, 1.807) is 16.8 Å². The highest BCUT2D eigenvalue weighted by atomic mass is 19.1. The van der Waals surface area contributed by atoms with Gasteiger partial charge in [-0.3, -0.25) is 9.69 Å². The highest BCUT2D eigenvalue weighted by molar-refractivity contribution is 5.94. The molecule has 0 spiro atoms. The number of aromatic nitrogens is 2. The van der Waals surface area contributed by atoms with Gasteiger partial charge in [0.1, 0.15) is 11.5 Å². The lowest BCUT2D eigenvalue weighted by molar-refractivity contribution is 0.0641. The Morgan fingerprint density at radius 2 is 1.67 bits per heavy atom. The Balaban J connectivity index is 1.32. The zero-order chi connectivity index (χ0) is 24.9. The smallest absolute Gasteiger partial charge is 0.272 e. The maximum absolute atomic E-state index is 13.7. The molecule has 4 aromatic rings. The topological polar surface area (TPSA) is 41.4 Å². The summed E-state index contributed by atoms with van der Waals surface area (Å²) in [6.45, 7) is 5.81. The number of carbonyl (C=O) groups excluding carboxylic acids is 1. The molecule has 1 aromatic heterocycles. The van der Waals surface area contributed by atoms with Gasteiger partial charge in [0.15, 0.2) is 0 Å². The lowest BCUT2D eigenvalue weighted by atomic mass is 10.1. The molecule has 6 heteroatoms. The van der Waals surface area contributed by atoms with Crippen molar-refractivity contribution in [3.8, 4) is 16.9 Å². The Labute approximate surface area is 211 Å². The van der Waals surface area contributed by atoms with Crippen LogP contribution in [-0.2, 0) is 0 Å². The fraction of sp³-hybridized carbons (Fsp3) is 0.200. The first-order valence-corrected chi connectivity index (χ1v) is 12.2. The van der Waals surface area contributed by atoms with Crippen molar-refractivity contribution in [3.05, 3.63) is 114 Å². The van der Waals surface area contributed by atoms with Crippen molar-refractivity contribution < 1.29 is 9.18 Å². The molecule has 2 heterocycles. The molecule has 5 rings (SSSR count). The minimum Gasteiger partial charge on any atom is -0.335 e. The van der Waals surface area contributed by atoms with Crippen LogP contribution in [0.5, 0.6) is 0 Å². The van der Waals surface area contributed by atoms with Gasteiger partial charge in [-0.15, -0.1) is 0 Å². The number of piperazine rings is 1. The molecule has 3 aromatic carbocycles. The van der Waals surface area contributed by atoms with Crippen molar-refractivity contribution in [2.45, 2.75) is 6.92 Å². The van der Waals surface area contributed by atoms with E-state index in [4.69, 9.17) is 5.10 Å². The van der Waals surface area contributed by atoms with Gasteiger partial charge in [0, 0.05) is 38.3 Å². The van der Waals surface area contributed by atoms with E-state index in [2.05, 4.69) is 29.2 Å². The van der Waals surface area contributed by atoms with Crippen molar-refractivity contribution in [2.24, 2.45) is 0 Å². The van der Waals surface area contributed by atoms with Gasteiger partial charge in [-0.05, 0) is 60.5 Å². The minimum absolute atomic E-state index is 0.0446. The van der Waals surface area contributed by atoms with Gasteiger partial charge < -0.3 is 4.90 Å². The van der Waals surface area contributed by atoms with Gasteiger partial charge in [0.25, 0.3) is 5.91 Å². The molecule has 0 atom stereocenters. The van der Waals surface area contributed by atoms with Crippen LogP contribution in [-0.4, -0.2) is 58.2 Å². The number of nitrogens with zero attached hydrogens (tertiary/aromatic N) is 4. The summed E-state index contributed by atoms with van der Waals surface area (Å²) in [5.74, 6) is -0.346. The summed E-state index contributed by atoms with van der Waals surface area (Å²) in [7, 11) is 0. The Hall–Kier alpha value is -4.03. The predicted octanol–water partition coefficient (Wildman–Crippen LogP) is 5.46. The van der Waals surface area contributed by atoms with Crippen LogP contribution < -0.4 is 0 Å². The molecule has 0 N–H and O–H groups in total. The van der Waals surface area contributed by atoms with Gasteiger partial charge in [-0.2, -0.15) is 5.10 Å². The van der Waals surface area contributed by atoms with Crippen LogP contribution in [0.1, 0.15) is 21.6 Å². The normalized spacial score (nSPS) is 14.4. The highest BCUT2D eigenvalue weighted by Gasteiger charge is 2.26. The minimum atomic E-state index is -0.301. The van der Waals surface area contributed by atoms with Crippen LogP contribution in [0.3, 0.4) is 0 Å². The average Bonchev–Trinajstić information content (AvgIpc) is 3.35. The molecule has 1 fully saturated rings. The second-order valence-electron chi connectivity index (χ2n) is 9.08. The Morgan fingerprint density at radius 3 is 2.39 bits per heavy atom. The summed E-state index contributed by atoms with van der Waals surface area (Å²) in [4.78, 5) is 17.9. The first kappa shape index (κ1) is 23.7. The number of hydrogen-bond acceptors (Lipinski definition) is 3. The zero-order valence-corrected chi connectivity index (χ0v) is 20.3. The summed E-state index contributed by atoms with van der Waals surface area (Å²) >= 11 is 0. The van der Waals surface area contributed by atoms with E-state index < -0.39 is 0 Å². The first-order valence-electron chi connectivity index (χ1n) is 12.2. The van der Waals surface area contributed by atoms with E-state index in [0.717, 1.165) is 36.4 Å². The SMILES string of the molecule is Cc1cccc(-n2nc(-c3ccc(F)cc3)cc2C(=O)N2CCN(CC=Cc3ccccc3)CC2)c1. The lowest BCUT2D eigenvalue weighted by Crippen LogP contribution is -2.49. The predicted molar refractivity (Wildman–Crippen MR) is 142 cm³/mol. The van der Waals surface area contributed by atoms with E-state index in [1.807, 2.05) is 60.4 Å². The second kappa shape index (κ2) is 10.7. The van der Waals surface area contributed by atoms with Crippen LogP contribution in [0.25, 0.3) is 23.0 Å². The number of halogens is 1. The van der Waals surface area contributed by atoms with Crippen molar-refractivity contribution in [3.63, 3.8) is 0 Å². The van der Waals surface area contributed by atoms with Crippen LogP contribution >= 0.6 is 0 Å². The zero-order valence-electron chi connectivity index (χ0n) is 20.3. The quantitative estimate of drug-likeness (QED) is 0.368. The molecule has 182 valence electrons. The van der Waals surface area contributed by atoms with Gasteiger partial charge >= 0.3 is 0 Å². The standard InChI is InChI=1S/C30H29FN4O/c1-23-7-5-11-27(21-23)35-29(22-28(32-35)25-12-14-26(31)15-13-25)30(36)34-19-17-33(18-20-34)16-6-10-24-8-3-2-4-9-24/h2-15,21-22H,16-20H2,1H3. The van der Waals surface area contributed by atoms with E-state index in [-0.39, 0.29) is 11.7 Å². The first-order chi connectivity index (χ1) is 17.6. The molecule has 36 heavy (non-hydrogen) atoms. The summed E-state index contributed by atoms with van der Waals surface area (Å²) in [5.41, 5.74) is 5.03. The van der Waals surface area contributed by atoms with Crippen LogP contribution in [0, 0.1) is 12.7 Å². The molecule has 1 saturated heterocycles. The van der Waals surface area contributed by atoms with Crippen molar-refractivity contribution in [1.82, 2.24) is 19.6 Å². The Bertz CT molecular complexity index is 1350. The van der Waals surface area contributed by atoms with Gasteiger partial charge in [0.05, 0.1) is 11.4 Å². The maximum Gasteiger partial charge on any atom is 0.272 e. The third kappa shape index (κ3) is 5.44. The van der Waals surface area contributed by atoms with Crippen LogP contribution in [0.4, 0.5) is 4.39 Å². The second-order valence-corrected chi connectivity index (χ2v) is 9.08. The average molecular weight is 481 g/mol. The summed E-state index contributed by atoms with van der Waals surface area (Å²) in [6.07, 6.45) is 4.31. The molecule has 0 unspecified atom stereocenters. The van der Waals surface area contributed by atoms with Gasteiger partial charge in [0.2, 0.25) is 0 Å². The van der Waals surface area contributed by atoms with Gasteiger partial charge in [-0.1, -0.05) is 54.6 Å². The van der Waals surface area contributed by atoms with E-state index >= 15 is 0 Å². The van der Waals surface area contributed by atoms with Crippen molar-refractivity contribution in [2.75, 3.05) is 32.7 Å². The number of hydrogen-bond donors (Lipinski definition) is 0. The number of aryl methyl sites for hydroxylation is 1. The summed E-state index contributed by atoms with van der Waals surface area (Å²) in [5, 5.41) is 4.75. The lowest BCUT2D eigenvalue weighted by Gasteiger charge is -2.34. The largest absolute Gasteiger partial charge is 0.335 e. The molecule has 1 amide bonds. The molecular weight excluding hydrogens is 451 g/mol. The number of rotatable bonds is 6. The molecule has 0 radical (unpaired) electrons. The van der Waals surface area contributed by atoms with E-state index in [0.29, 0.717) is 24.5 Å². The van der Waals surface area contributed by atoms with E-state index in [9.17, 15) is 9.18 Å².